The van der Waals surface area contributed by atoms with Gasteiger partial charge in [0.25, 0.3) is 0 Å². The Labute approximate surface area is 136 Å². The van der Waals surface area contributed by atoms with Crippen LogP contribution in [0.5, 0.6) is 0 Å². The Hall–Kier alpha value is -2.17. The molecule has 5 nitrogen and oxygen atoms in total. The number of nitrogens with zero attached hydrogens (tertiary/aromatic N) is 3. The maximum Gasteiger partial charge on any atom is 0.225 e. The zero-order chi connectivity index (χ0) is 15.6. The van der Waals surface area contributed by atoms with Gasteiger partial charge in [0.05, 0.1) is 5.52 Å². The normalized spacial score (nSPS) is 21.9. The van der Waals surface area contributed by atoms with Crippen LogP contribution in [-0.2, 0) is 4.79 Å². The molecular weight excluding hydrogens is 288 g/mol. The van der Waals surface area contributed by atoms with Crippen LogP contribution >= 0.6 is 0 Å². The maximum atomic E-state index is 12.5. The largest absolute Gasteiger partial charge is 0.365 e. The van der Waals surface area contributed by atoms with Gasteiger partial charge < -0.3 is 10.2 Å². The highest BCUT2D eigenvalue weighted by molar-refractivity contribution is 5.88. The van der Waals surface area contributed by atoms with Crippen molar-refractivity contribution in [1.82, 2.24) is 14.9 Å². The lowest BCUT2D eigenvalue weighted by molar-refractivity contribution is -0.134. The van der Waals surface area contributed by atoms with Crippen LogP contribution in [0, 0.1) is 5.92 Å². The molecule has 0 spiro atoms. The maximum absolute atomic E-state index is 12.5. The van der Waals surface area contributed by atoms with Gasteiger partial charge in [-0.25, -0.2) is 9.97 Å². The molecule has 2 heterocycles. The number of fused-ring (bicyclic) bond motifs is 1. The first-order valence-corrected chi connectivity index (χ1v) is 8.56. The van der Waals surface area contributed by atoms with Crippen molar-refractivity contribution >= 4 is 22.6 Å². The number of para-hydroxylation sites is 1. The molecule has 23 heavy (non-hydrogen) atoms. The number of carbonyl (C=O) groups is 1. The second-order valence-corrected chi connectivity index (χ2v) is 6.63. The van der Waals surface area contributed by atoms with Crippen LogP contribution in [0.4, 0.5) is 5.82 Å². The number of benzene rings is 1. The fourth-order valence-corrected chi connectivity index (χ4v) is 3.82. The summed E-state index contributed by atoms with van der Waals surface area (Å²) >= 11 is 0. The van der Waals surface area contributed by atoms with Crippen LogP contribution in [-0.4, -0.2) is 39.9 Å². The molecule has 4 rings (SSSR count). The quantitative estimate of drug-likeness (QED) is 0.947. The van der Waals surface area contributed by atoms with Crippen LogP contribution in [0.3, 0.4) is 0 Å². The third-order valence-corrected chi connectivity index (χ3v) is 5.09. The van der Waals surface area contributed by atoms with E-state index in [1.165, 1.54) is 12.8 Å². The van der Waals surface area contributed by atoms with Gasteiger partial charge in [0.15, 0.2) is 0 Å². The predicted octanol–water partition coefficient (Wildman–Crippen LogP) is 2.83. The number of hydrogen-bond acceptors (Lipinski definition) is 4. The Morgan fingerprint density at radius 3 is 2.83 bits per heavy atom. The highest BCUT2D eigenvalue weighted by Gasteiger charge is 2.32. The van der Waals surface area contributed by atoms with Gasteiger partial charge in [-0.1, -0.05) is 25.0 Å². The van der Waals surface area contributed by atoms with Gasteiger partial charge >= 0.3 is 0 Å². The Kier molecular flexibility index (Phi) is 3.85. The molecular formula is C18H22N4O. The first kappa shape index (κ1) is 14.4. The molecule has 1 aliphatic carbocycles. The Bertz CT molecular complexity index is 706. The van der Waals surface area contributed by atoms with E-state index in [1.54, 1.807) is 6.33 Å². The van der Waals surface area contributed by atoms with Gasteiger partial charge in [-0.05, 0) is 31.4 Å². The van der Waals surface area contributed by atoms with Gasteiger partial charge in [-0.15, -0.1) is 0 Å². The Balaban J connectivity index is 1.44. The molecule has 1 atom stereocenters. The zero-order valence-electron chi connectivity index (χ0n) is 13.2. The molecule has 2 fully saturated rings. The SMILES string of the molecule is O=C(C1CCCC1)N1CCC(Nc2ncnc3ccccc23)C1. The molecule has 1 saturated heterocycles. The third kappa shape index (κ3) is 2.87. The Morgan fingerprint density at radius 1 is 1.13 bits per heavy atom. The second-order valence-electron chi connectivity index (χ2n) is 6.63. The topological polar surface area (TPSA) is 58.1 Å². The summed E-state index contributed by atoms with van der Waals surface area (Å²) in [4.78, 5) is 23.3. The molecule has 1 saturated carbocycles. The summed E-state index contributed by atoms with van der Waals surface area (Å²) < 4.78 is 0. The molecule has 0 bridgehead atoms. The van der Waals surface area contributed by atoms with Crippen LogP contribution in [0.15, 0.2) is 30.6 Å². The van der Waals surface area contributed by atoms with Crippen molar-refractivity contribution in [2.24, 2.45) is 5.92 Å². The van der Waals surface area contributed by atoms with E-state index < -0.39 is 0 Å². The number of rotatable bonds is 3. The van der Waals surface area contributed by atoms with Gasteiger partial charge in [-0.2, -0.15) is 0 Å². The molecule has 1 aliphatic heterocycles. The van der Waals surface area contributed by atoms with E-state index in [4.69, 9.17) is 0 Å². The molecule has 0 radical (unpaired) electrons. The number of nitrogens with one attached hydrogen (secondary N) is 1. The minimum absolute atomic E-state index is 0.272. The van der Waals surface area contributed by atoms with Crippen molar-refractivity contribution in [3.8, 4) is 0 Å². The molecule has 5 heteroatoms. The van der Waals surface area contributed by atoms with Crippen LogP contribution in [0.25, 0.3) is 10.9 Å². The molecule has 1 N–H and O–H groups in total. The lowest BCUT2D eigenvalue weighted by atomic mass is 10.1. The molecule has 1 amide bonds. The monoisotopic (exact) mass is 310 g/mol. The first-order valence-electron chi connectivity index (χ1n) is 8.56. The van der Waals surface area contributed by atoms with Crippen molar-refractivity contribution < 1.29 is 4.79 Å². The van der Waals surface area contributed by atoms with Gasteiger partial charge in [0, 0.05) is 30.4 Å². The predicted molar refractivity (Wildman–Crippen MR) is 90.1 cm³/mol. The van der Waals surface area contributed by atoms with Gasteiger partial charge in [-0.3, -0.25) is 4.79 Å². The molecule has 2 aromatic rings. The van der Waals surface area contributed by atoms with E-state index in [-0.39, 0.29) is 12.0 Å². The zero-order valence-corrected chi connectivity index (χ0v) is 13.2. The van der Waals surface area contributed by atoms with Crippen LogP contribution in [0.2, 0.25) is 0 Å². The summed E-state index contributed by atoms with van der Waals surface area (Å²) in [6.45, 7) is 1.64. The number of hydrogen-bond donors (Lipinski definition) is 1. The number of amides is 1. The summed E-state index contributed by atoms with van der Waals surface area (Å²) in [5.41, 5.74) is 0.946. The lowest BCUT2D eigenvalue weighted by Crippen LogP contribution is -2.35. The average molecular weight is 310 g/mol. The lowest BCUT2D eigenvalue weighted by Gasteiger charge is -2.21. The Morgan fingerprint density at radius 2 is 1.96 bits per heavy atom. The highest BCUT2D eigenvalue weighted by atomic mass is 16.2. The van der Waals surface area contributed by atoms with Gasteiger partial charge in [0.2, 0.25) is 5.91 Å². The van der Waals surface area contributed by atoms with E-state index >= 15 is 0 Å². The fourth-order valence-electron chi connectivity index (χ4n) is 3.82. The van der Waals surface area contributed by atoms with E-state index in [0.29, 0.717) is 5.91 Å². The van der Waals surface area contributed by atoms with Crippen molar-refractivity contribution in [3.05, 3.63) is 30.6 Å². The number of likely N-dealkylation sites (tertiary alicyclic amines) is 1. The minimum atomic E-state index is 0.272. The van der Waals surface area contributed by atoms with E-state index in [9.17, 15) is 4.79 Å². The van der Waals surface area contributed by atoms with E-state index in [2.05, 4.69) is 15.3 Å². The number of carbonyl (C=O) groups excluding carboxylic acids is 1. The minimum Gasteiger partial charge on any atom is -0.365 e. The average Bonchev–Trinajstić information content (AvgIpc) is 3.27. The smallest absolute Gasteiger partial charge is 0.225 e. The highest BCUT2D eigenvalue weighted by Crippen LogP contribution is 2.28. The first-order chi connectivity index (χ1) is 11.3. The molecule has 1 aromatic carbocycles. The standard InChI is InChI=1S/C18H22N4O/c23-18(13-5-1-2-6-13)22-10-9-14(11-22)21-17-15-7-3-4-8-16(15)19-12-20-17/h3-4,7-8,12-14H,1-2,5-6,9-11H2,(H,19,20,21). The van der Waals surface area contributed by atoms with E-state index in [0.717, 1.165) is 49.1 Å². The third-order valence-electron chi connectivity index (χ3n) is 5.09. The van der Waals surface area contributed by atoms with Crippen LogP contribution < -0.4 is 5.32 Å². The summed E-state index contributed by atoms with van der Waals surface area (Å²) in [6.07, 6.45) is 7.14. The fraction of sp³-hybridized carbons (Fsp3) is 0.500. The molecule has 120 valence electrons. The summed E-state index contributed by atoms with van der Waals surface area (Å²) in [7, 11) is 0. The van der Waals surface area contributed by atoms with Crippen molar-refractivity contribution in [3.63, 3.8) is 0 Å². The molecule has 1 unspecified atom stereocenters. The number of aromatic nitrogens is 2. The second kappa shape index (κ2) is 6.14. The summed E-state index contributed by atoms with van der Waals surface area (Å²) in [5.74, 6) is 1.50. The van der Waals surface area contributed by atoms with Crippen molar-refractivity contribution in [2.45, 2.75) is 38.1 Å². The summed E-state index contributed by atoms with van der Waals surface area (Å²) in [5, 5.41) is 4.55. The number of anilines is 1. The molecule has 1 aromatic heterocycles. The van der Waals surface area contributed by atoms with Gasteiger partial charge in [0.1, 0.15) is 12.1 Å². The van der Waals surface area contributed by atoms with Crippen molar-refractivity contribution in [1.29, 1.82) is 0 Å². The summed E-state index contributed by atoms with van der Waals surface area (Å²) in [6, 6.07) is 8.29. The van der Waals surface area contributed by atoms with Crippen LogP contribution in [0.1, 0.15) is 32.1 Å². The van der Waals surface area contributed by atoms with Crippen molar-refractivity contribution in [2.75, 3.05) is 18.4 Å². The molecule has 2 aliphatic rings. The van der Waals surface area contributed by atoms with E-state index in [1.807, 2.05) is 29.2 Å².